The van der Waals surface area contributed by atoms with Crippen LogP contribution in [-0.2, 0) is 10.8 Å². The van der Waals surface area contributed by atoms with Gasteiger partial charge in [0.15, 0.2) is 0 Å². The van der Waals surface area contributed by atoms with Crippen molar-refractivity contribution < 1.29 is 0 Å². The van der Waals surface area contributed by atoms with Crippen LogP contribution in [0.25, 0.3) is 11.1 Å². The van der Waals surface area contributed by atoms with E-state index in [1.165, 1.54) is 130 Å². The lowest BCUT2D eigenvalue weighted by atomic mass is 9.33. The van der Waals surface area contributed by atoms with Crippen LogP contribution < -0.4 is 36.3 Å². The van der Waals surface area contributed by atoms with Gasteiger partial charge in [0.25, 0.3) is 6.71 Å². The number of anilines is 7. The number of hydrogen-bond donors (Lipinski definition) is 0. The summed E-state index contributed by atoms with van der Waals surface area (Å²) in [5.41, 5.74) is 22.4. The number of hydrogen-bond acceptors (Lipinski definition) is 3. The van der Waals surface area contributed by atoms with Crippen molar-refractivity contribution in [2.45, 2.75) is 134 Å². The lowest BCUT2D eigenvalue weighted by Gasteiger charge is -2.53. The van der Waals surface area contributed by atoms with Gasteiger partial charge in [0.1, 0.15) is 0 Å². The van der Waals surface area contributed by atoms with Gasteiger partial charge in [-0.15, -0.1) is 0 Å². The van der Waals surface area contributed by atoms with Gasteiger partial charge in [-0.3, -0.25) is 0 Å². The van der Waals surface area contributed by atoms with Gasteiger partial charge in [0.2, 0.25) is 0 Å². The highest BCUT2D eigenvalue weighted by molar-refractivity contribution is 7.01. The van der Waals surface area contributed by atoms with Crippen LogP contribution in [-0.4, -0.2) is 25.9 Å². The van der Waals surface area contributed by atoms with Crippen LogP contribution in [0.4, 0.5) is 39.8 Å². The van der Waals surface area contributed by atoms with Crippen LogP contribution in [0.2, 0.25) is 19.6 Å². The molecule has 2 saturated carbocycles. The molecule has 6 aromatic carbocycles. The van der Waals surface area contributed by atoms with Crippen molar-refractivity contribution in [2.24, 2.45) is 0 Å². The third-order valence-corrected chi connectivity index (χ3v) is 19.8. The van der Waals surface area contributed by atoms with Crippen LogP contribution in [0.15, 0.2) is 115 Å². The van der Waals surface area contributed by atoms with Crippen molar-refractivity contribution in [3.05, 3.63) is 138 Å². The Morgan fingerprint density at radius 3 is 1.90 bits per heavy atom. The van der Waals surface area contributed by atoms with E-state index in [1.807, 2.05) is 0 Å². The van der Waals surface area contributed by atoms with Crippen LogP contribution >= 0.6 is 0 Å². The number of benzene rings is 6. The van der Waals surface area contributed by atoms with E-state index < -0.39 is 8.07 Å². The minimum absolute atomic E-state index is 0.00949. The molecule has 62 heavy (non-hydrogen) atoms. The maximum absolute atomic E-state index is 2.95. The van der Waals surface area contributed by atoms with Crippen molar-refractivity contribution in [3.63, 3.8) is 0 Å². The van der Waals surface area contributed by atoms with E-state index in [-0.39, 0.29) is 28.6 Å². The maximum atomic E-state index is 2.95. The molecule has 0 amide bonds. The average Bonchev–Trinajstić information content (AvgIpc) is 3.60. The first kappa shape index (κ1) is 38.7. The molecule has 12 rings (SSSR count). The molecule has 5 heteroatoms. The Kier molecular flexibility index (Phi) is 7.99. The molecule has 6 aromatic rings. The van der Waals surface area contributed by atoms with Crippen molar-refractivity contribution in [1.29, 1.82) is 0 Å². The van der Waals surface area contributed by atoms with Crippen molar-refractivity contribution >= 4 is 76.2 Å². The van der Waals surface area contributed by atoms with Gasteiger partial charge in [-0.25, -0.2) is 0 Å². The normalized spacial score (nSPS) is 26.4. The predicted octanol–water partition coefficient (Wildman–Crippen LogP) is 12.6. The van der Waals surface area contributed by atoms with Gasteiger partial charge in [-0.05, 0) is 146 Å². The van der Waals surface area contributed by atoms with Crippen LogP contribution in [0.5, 0.6) is 0 Å². The highest BCUT2D eigenvalue weighted by atomic mass is 28.3. The molecule has 0 N–H and O–H groups in total. The van der Waals surface area contributed by atoms with Gasteiger partial charge >= 0.3 is 0 Å². The summed E-state index contributed by atoms with van der Waals surface area (Å²) < 4.78 is 0. The first-order chi connectivity index (χ1) is 29.7. The van der Waals surface area contributed by atoms with E-state index in [2.05, 4.69) is 191 Å². The number of fused-ring (bicyclic) bond motifs is 10. The van der Waals surface area contributed by atoms with Gasteiger partial charge in [-0.2, -0.15) is 0 Å². The van der Waals surface area contributed by atoms with Crippen molar-refractivity contribution in [1.82, 2.24) is 0 Å². The van der Waals surface area contributed by atoms with Crippen molar-refractivity contribution in [3.8, 4) is 11.1 Å². The Morgan fingerprint density at radius 2 is 1.18 bits per heavy atom. The summed E-state index contributed by atoms with van der Waals surface area (Å²) in [6.45, 7) is 22.9. The topological polar surface area (TPSA) is 9.72 Å². The molecule has 0 radical (unpaired) electrons. The third kappa shape index (κ3) is 4.90. The van der Waals surface area contributed by atoms with E-state index in [0.29, 0.717) is 0 Å². The first-order valence-electron chi connectivity index (χ1n) is 23.8. The summed E-state index contributed by atoms with van der Waals surface area (Å²) >= 11 is 0. The Morgan fingerprint density at radius 1 is 0.500 bits per heavy atom. The van der Waals surface area contributed by atoms with Crippen LogP contribution in [0.1, 0.15) is 101 Å². The predicted molar refractivity (Wildman–Crippen MR) is 269 cm³/mol. The van der Waals surface area contributed by atoms with Gasteiger partial charge in [-0.1, -0.05) is 137 Å². The smallest absolute Gasteiger partial charge is 0.252 e. The third-order valence-electron chi connectivity index (χ3n) is 17.8. The fourth-order valence-corrected chi connectivity index (χ4v) is 15.2. The van der Waals surface area contributed by atoms with E-state index >= 15 is 0 Å². The number of aryl methyl sites for hydroxylation is 2. The van der Waals surface area contributed by atoms with Gasteiger partial charge in [0.05, 0.1) is 19.2 Å². The fraction of sp³-hybridized carbons (Fsp3) is 0.368. The van der Waals surface area contributed by atoms with Crippen LogP contribution in [0.3, 0.4) is 0 Å². The molecule has 0 spiro atoms. The maximum Gasteiger partial charge on any atom is 0.252 e. The lowest BCUT2D eigenvalue weighted by molar-refractivity contribution is 0.194. The average molecular weight is 828 g/mol. The number of nitrogens with zero attached hydrogens (tertiary/aromatic N) is 3. The molecule has 0 aromatic heterocycles. The standard InChI is InChI=1S/C57H62BN3Si/c1-37-18-17-21-41(30-37)59-49-31-38(2)22-24-46(49)58-47-36-43(62(7,8)9)35-45-53(47)61(57(6)29-16-14-27-55(45,57)4)51-34-42(33-50(59)52(51)58)60-48-25-23-40(39-19-11-10-12-20-39)32-44(48)54(3)26-13-15-28-56(54,60)5/h10-12,17-25,30-36H,13-16,26-29H2,1-9H3. The number of rotatable bonds is 4. The second-order valence-corrected chi connectivity index (χ2v) is 27.3. The monoisotopic (exact) mass is 827 g/mol. The second kappa shape index (κ2) is 12.8. The summed E-state index contributed by atoms with van der Waals surface area (Å²) in [6, 6.07) is 45.9. The molecule has 6 aliphatic rings. The molecular weight excluding hydrogens is 766 g/mol. The SMILES string of the molecule is Cc1cccc(N2c3cc(C)ccc3B3c4cc([Si](C)(C)C)cc5c4N(c4cc(N6c7ccc(-c8ccccc8)cc7C7(C)CCCCC67C)cc2c43)C2(C)CCCCC52C)c1. The van der Waals surface area contributed by atoms with Crippen molar-refractivity contribution in [2.75, 3.05) is 14.7 Å². The molecule has 2 aliphatic carbocycles. The molecule has 4 heterocycles. The van der Waals surface area contributed by atoms with Crippen LogP contribution in [0, 0.1) is 13.8 Å². The summed E-state index contributed by atoms with van der Waals surface area (Å²) in [7, 11) is -1.69. The molecular formula is C57H62BN3Si. The highest BCUT2D eigenvalue weighted by Crippen LogP contribution is 2.65. The fourth-order valence-electron chi connectivity index (χ4n) is 14.0. The summed E-state index contributed by atoms with van der Waals surface area (Å²) in [4.78, 5) is 8.47. The molecule has 0 bridgehead atoms. The summed E-state index contributed by atoms with van der Waals surface area (Å²) in [5, 5.41) is 1.60. The van der Waals surface area contributed by atoms with E-state index in [1.54, 1.807) is 16.2 Å². The quantitative estimate of drug-likeness (QED) is 0.164. The molecule has 312 valence electrons. The minimum atomic E-state index is -1.69. The molecule has 3 nitrogen and oxygen atoms in total. The highest BCUT2D eigenvalue weighted by Gasteiger charge is 2.63. The zero-order valence-corrected chi connectivity index (χ0v) is 39.5. The molecule has 0 saturated heterocycles. The lowest BCUT2D eigenvalue weighted by Crippen LogP contribution is -2.65. The Balaban J connectivity index is 1.20. The molecule has 4 unspecified atom stereocenters. The first-order valence-corrected chi connectivity index (χ1v) is 27.3. The Hall–Kier alpha value is -5.00. The molecule has 4 atom stereocenters. The minimum Gasteiger partial charge on any atom is -0.335 e. The Bertz CT molecular complexity index is 2880. The van der Waals surface area contributed by atoms with E-state index in [0.717, 1.165) is 0 Å². The summed E-state index contributed by atoms with van der Waals surface area (Å²) in [6.07, 6.45) is 9.90. The van der Waals surface area contributed by atoms with Gasteiger partial charge in [0, 0.05) is 50.6 Å². The van der Waals surface area contributed by atoms with E-state index in [9.17, 15) is 0 Å². The zero-order chi connectivity index (χ0) is 42.7. The van der Waals surface area contributed by atoms with E-state index in [4.69, 9.17) is 0 Å². The second-order valence-electron chi connectivity index (χ2n) is 22.2. The zero-order valence-electron chi connectivity index (χ0n) is 38.5. The summed E-state index contributed by atoms with van der Waals surface area (Å²) in [5.74, 6) is 0. The van der Waals surface area contributed by atoms with Gasteiger partial charge < -0.3 is 14.7 Å². The molecule has 2 fully saturated rings. The Labute approximate surface area is 372 Å². The largest absolute Gasteiger partial charge is 0.335 e. The molecule has 4 aliphatic heterocycles.